The zero-order valence-corrected chi connectivity index (χ0v) is 22.7. The number of aliphatic hydroxyl groups is 1. The van der Waals surface area contributed by atoms with Gasteiger partial charge in [-0.2, -0.15) is 11.8 Å². The lowest BCUT2D eigenvalue weighted by Gasteiger charge is -2.17. The fraction of sp³-hybridized carbons (Fsp3) is 0.880. The molecular formula is C25H49N3O6S. The Hall–Kier alpha value is -1.36. The van der Waals surface area contributed by atoms with Gasteiger partial charge in [0.1, 0.15) is 6.61 Å². The third-order valence-corrected chi connectivity index (χ3v) is 6.64. The quantitative estimate of drug-likeness (QED) is 0.112. The Morgan fingerprint density at radius 2 is 1.51 bits per heavy atom. The third kappa shape index (κ3) is 20.5. The highest BCUT2D eigenvalue weighted by Gasteiger charge is 2.23. The van der Waals surface area contributed by atoms with Crippen LogP contribution in [0, 0.1) is 0 Å². The topological polar surface area (TPSA) is 140 Å². The van der Waals surface area contributed by atoms with E-state index in [1.54, 1.807) is 0 Å². The summed E-state index contributed by atoms with van der Waals surface area (Å²) in [7, 11) is 1.17. The van der Waals surface area contributed by atoms with Gasteiger partial charge in [0.2, 0.25) is 5.91 Å². The summed E-state index contributed by atoms with van der Waals surface area (Å²) in [5.41, 5.74) is 5.79. The zero-order chi connectivity index (χ0) is 26.2. The number of ether oxygens (including phenoxy) is 2. The first kappa shape index (κ1) is 33.6. The van der Waals surface area contributed by atoms with Gasteiger partial charge >= 0.3 is 11.9 Å². The van der Waals surface area contributed by atoms with Crippen LogP contribution < -0.4 is 16.4 Å². The van der Waals surface area contributed by atoms with Crippen molar-refractivity contribution in [2.24, 2.45) is 5.73 Å². The van der Waals surface area contributed by atoms with Crippen LogP contribution >= 0.6 is 11.8 Å². The maximum absolute atomic E-state index is 12.0. The predicted molar refractivity (Wildman–Crippen MR) is 141 cm³/mol. The van der Waals surface area contributed by atoms with E-state index in [1.165, 1.54) is 89.5 Å². The first-order chi connectivity index (χ1) is 17.0. The van der Waals surface area contributed by atoms with Crippen molar-refractivity contribution in [3.8, 4) is 0 Å². The standard InChI is InChI=1S/C25H49N3O6S/c1-3-4-5-6-7-8-9-10-11-12-13-14-15-27-18-23(30)34-16-17-35-20-21(26)24(31)28-22(19-29)25(32)33-2/h21-22,27,29H,3-20,26H2,1-2H3,(H,28,31)/t21-,22?/m0/s1. The van der Waals surface area contributed by atoms with Gasteiger partial charge in [0, 0.05) is 11.5 Å². The van der Waals surface area contributed by atoms with E-state index >= 15 is 0 Å². The summed E-state index contributed by atoms with van der Waals surface area (Å²) >= 11 is 1.37. The van der Waals surface area contributed by atoms with Crippen molar-refractivity contribution in [2.75, 3.05) is 44.9 Å². The van der Waals surface area contributed by atoms with E-state index in [9.17, 15) is 14.4 Å². The van der Waals surface area contributed by atoms with Crippen LogP contribution in [0.25, 0.3) is 0 Å². The molecule has 0 aliphatic carbocycles. The molecule has 0 aliphatic heterocycles. The Morgan fingerprint density at radius 1 is 0.943 bits per heavy atom. The smallest absolute Gasteiger partial charge is 0.330 e. The molecule has 0 radical (unpaired) electrons. The van der Waals surface area contributed by atoms with Crippen LogP contribution in [0.4, 0.5) is 0 Å². The molecule has 0 rings (SSSR count). The number of hydrogen-bond acceptors (Lipinski definition) is 9. The van der Waals surface area contributed by atoms with E-state index in [4.69, 9.17) is 15.6 Å². The molecule has 0 saturated heterocycles. The number of thioether (sulfide) groups is 1. The molecule has 0 aromatic carbocycles. The Labute approximate surface area is 216 Å². The molecule has 0 spiro atoms. The van der Waals surface area contributed by atoms with Crippen LogP contribution in [-0.4, -0.2) is 80.0 Å². The van der Waals surface area contributed by atoms with Gasteiger partial charge in [-0.25, -0.2) is 4.79 Å². The van der Waals surface area contributed by atoms with Gasteiger partial charge in [0.15, 0.2) is 6.04 Å². The van der Waals surface area contributed by atoms with Crippen molar-refractivity contribution in [1.29, 1.82) is 0 Å². The maximum Gasteiger partial charge on any atom is 0.330 e. The summed E-state index contributed by atoms with van der Waals surface area (Å²) in [6.45, 7) is 2.93. The van der Waals surface area contributed by atoms with Crippen molar-refractivity contribution < 1.29 is 29.0 Å². The molecule has 0 saturated carbocycles. The van der Waals surface area contributed by atoms with Crippen molar-refractivity contribution in [2.45, 2.75) is 96.1 Å². The highest BCUT2D eigenvalue weighted by atomic mass is 32.2. The molecule has 10 heteroatoms. The summed E-state index contributed by atoms with van der Waals surface area (Å²) in [5, 5.41) is 14.6. The lowest BCUT2D eigenvalue weighted by atomic mass is 10.1. The van der Waals surface area contributed by atoms with E-state index in [0.717, 1.165) is 13.0 Å². The second-order valence-corrected chi connectivity index (χ2v) is 9.88. The molecule has 0 aromatic heterocycles. The van der Waals surface area contributed by atoms with Gasteiger partial charge in [0.05, 0.1) is 26.3 Å². The molecule has 0 heterocycles. The largest absolute Gasteiger partial charge is 0.467 e. The van der Waals surface area contributed by atoms with Crippen molar-refractivity contribution >= 4 is 29.6 Å². The minimum absolute atomic E-state index is 0.195. The van der Waals surface area contributed by atoms with Crippen LogP contribution in [0.3, 0.4) is 0 Å². The van der Waals surface area contributed by atoms with Gasteiger partial charge in [-0.3, -0.25) is 9.59 Å². The molecule has 2 atom stereocenters. The molecule has 0 aliphatic rings. The summed E-state index contributed by atoms with van der Waals surface area (Å²) in [4.78, 5) is 35.1. The van der Waals surface area contributed by atoms with Gasteiger partial charge in [-0.15, -0.1) is 0 Å². The summed E-state index contributed by atoms with van der Waals surface area (Å²) in [6, 6.07) is -1.99. The zero-order valence-electron chi connectivity index (χ0n) is 21.9. The summed E-state index contributed by atoms with van der Waals surface area (Å²) < 4.78 is 9.65. The highest BCUT2D eigenvalue weighted by Crippen LogP contribution is 2.11. The molecule has 1 amide bonds. The van der Waals surface area contributed by atoms with Crippen LogP contribution in [0.5, 0.6) is 0 Å². The average molecular weight is 520 g/mol. The number of hydrogen-bond donors (Lipinski definition) is 4. The van der Waals surface area contributed by atoms with Crippen LogP contribution in [0.15, 0.2) is 0 Å². The molecular weight excluding hydrogens is 470 g/mol. The normalized spacial score (nSPS) is 12.7. The van der Waals surface area contributed by atoms with Crippen LogP contribution in [-0.2, 0) is 23.9 Å². The van der Waals surface area contributed by atoms with Crippen molar-refractivity contribution in [3.63, 3.8) is 0 Å². The Bertz CT molecular complexity index is 553. The first-order valence-corrected chi connectivity index (χ1v) is 14.3. The summed E-state index contributed by atoms with van der Waals surface area (Å²) in [6.07, 6.45) is 15.7. The Morgan fingerprint density at radius 3 is 2.06 bits per heavy atom. The molecule has 5 N–H and O–H groups in total. The molecule has 206 valence electrons. The third-order valence-electron chi connectivity index (χ3n) is 5.59. The minimum atomic E-state index is -1.13. The van der Waals surface area contributed by atoms with Crippen LogP contribution in [0.2, 0.25) is 0 Å². The van der Waals surface area contributed by atoms with Crippen molar-refractivity contribution in [3.05, 3.63) is 0 Å². The predicted octanol–water partition coefficient (Wildman–Crippen LogP) is 2.53. The molecule has 35 heavy (non-hydrogen) atoms. The molecule has 0 bridgehead atoms. The van der Waals surface area contributed by atoms with Gasteiger partial charge < -0.3 is 30.9 Å². The lowest BCUT2D eigenvalue weighted by molar-refractivity contribution is -0.146. The number of unbranched alkanes of at least 4 members (excludes halogenated alkanes) is 11. The maximum atomic E-state index is 12.0. The number of nitrogens with one attached hydrogen (secondary N) is 2. The number of aliphatic hydroxyl groups excluding tert-OH is 1. The number of carbonyl (C=O) groups is 3. The minimum Gasteiger partial charge on any atom is -0.467 e. The monoisotopic (exact) mass is 519 g/mol. The number of rotatable bonds is 24. The number of esters is 2. The second-order valence-electron chi connectivity index (χ2n) is 8.73. The summed E-state index contributed by atoms with van der Waals surface area (Å²) in [5.74, 6) is -0.789. The Balaban J connectivity index is 3.52. The number of nitrogens with two attached hydrogens (primary N) is 1. The number of carbonyl (C=O) groups excluding carboxylic acids is 3. The van der Waals surface area contributed by atoms with Gasteiger partial charge in [-0.1, -0.05) is 77.6 Å². The van der Waals surface area contributed by atoms with Gasteiger partial charge in [0.25, 0.3) is 0 Å². The number of methoxy groups -OCH3 is 1. The SMILES string of the molecule is CCCCCCCCCCCCCCNCC(=O)OCCSC[C@H](N)C(=O)NC(CO)C(=O)OC. The van der Waals surface area contributed by atoms with E-state index in [2.05, 4.69) is 22.3 Å². The first-order valence-electron chi connectivity index (χ1n) is 13.1. The van der Waals surface area contributed by atoms with E-state index in [0.29, 0.717) is 11.5 Å². The van der Waals surface area contributed by atoms with Crippen LogP contribution in [0.1, 0.15) is 84.0 Å². The highest BCUT2D eigenvalue weighted by molar-refractivity contribution is 7.99. The number of amides is 1. The van der Waals surface area contributed by atoms with Crippen molar-refractivity contribution in [1.82, 2.24) is 10.6 Å². The second kappa shape index (κ2) is 24.3. The lowest BCUT2D eigenvalue weighted by Crippen LogP contribution is -2.51. The fourth-order valence-electron chi connectivity index (χ4n) is 3.43. The molecule has 0 aromatic rings. The van der Waals surface area contributed by atoms with E-state index < -0.39 is 30.6 Å². The Kier molecular flexibility index (Phi) is 23.4. The molecule has 1 unspecified atom stereocenters. The molecule has 0 fully saturated rings. The van der Waals surface area contributed by atoms with E-state index in [1.807, 2.05) is 0 Å². The fourth-order valence-corrected chi connectivity index (χ4v) is 4.21. The molecule has 9 nitrogen and oxygen atoms in total. The van der Waals surface area contributed by atoms with Gasteiger partial charge in [-0.05, 0) is 13.0 Å². The average Bonchev–Trinajstić information content (AvgIpc) is 2.86. The van der Waals surface area contributed by atoms with E-state index in [-0.39, 0.29) is 19.1 Å².